The van der Waals surface area contributed by atoms with Crippen LogP contribution in [0.25, 0.3) is 0 Å². The van der Waals surface area contributed by atoms with Gasteiger partial charge in [0.2, 0.25) is 0 Å². The lowest BCUT2D eigenvalue weighted by atomic mass is 9.84. The molecule has 2 bridgehead atoms. The van der Waals surface area contributed by atoms with Crippen molar-refractivity contribution in [2.24, 2.45) is 5.92 Å². The Kier molecular flexibility index (Phi) is 5.55. The molecule has 0 aromatic carbocycles. The molecule has 2 atom stereocenters. The van der Waals surface area contributed by atoms with Gasteiger partial charge in [0.05, 0.1) is 6.54 Å². The minimum absolute atomic E-state index is 0.0565. The maximum atomic E-state index is 12.8. The van der Waals surface area contributed by atoms with Crippen molar-refractivity contribution < 1.29 is 9.53 Å². The molecule has 0 radical (unpaired) electrons. The lowest BCUT2D eigenvalue weighted by Gasteiger charge is -2.45. The van der Waals surface area contributed by atoms with Crippen molar-refractivity contribution in [3.8, 4) is 11.8 Å². The van der Waals surface area contributed by atoms with Gasteiger partial charge < -0.3 is 19.9 Å². The third-order valence-corrected chi connectivity index (χ3v) is 6.90. The van der Waals surface area contributed by atoms with Gasteiger partial charge in [-0.25, -0.2) is 4.79 Å². The smallest absolute Gasteiger partial charge is 0.325 e. The Balaban J connectivity index is 1.16. The number of likely N-dealkylation sites (N-methyl/N-ethyl adjacent to an activating group) is 1. The van der Waals surface area contributed by atoms with E-state index in [-0.39, 0.29) is 18.2 Å². The number of hydrogen-bond donors (Lipinski definition) is 1. The molecule has 6 heterocycles. The number of rotatable bonds is 2. The molecule has 160 valence electrons. The summed E-state index contributed by atoms with van der Waals surface area (Å²) in [4.78, 5) is 21.6. The molecule has 2 amide bonds. The summed E-state index contributed by atoms with van der Waals surface area (Å²) in [7, 11) is 2.16. The zero-order valence-corrected chi connectivity index (χ0v) is 17.7. The summed E-state index contributed by atoms with van der Waals surface area (Å²) in [6.45, 7) is 8.40. The van der Waals surface area contributed by atoms with E-state index in [1.807, 2.05) is 18.4 Å². The first-order chi connectivity index (χ1) is 14.6. The zero-order chi connectivity index (χ0) is 20.5. The van der Waals surface area contributed by atoms with Crippen LogP contribution in [0.2, 0.25) is 0 Å². The summed E-state index contributed by atoms with van der Waals surface area (Å²) in [6, 6.07) is 0.204. The van der Waals surface area contributed by atoms with Gasteiger partial charge in [0, 0.05) is 56.7 Å². The molecular weight excluding hydrogens is 378 g/mol. The van der Waals surface area contributed by atoms with Crippen LogP contribution in [0, 0.1) is 17.8 Å². The third-order valence-electron chi connectivity index (χ3n) is 6.90. The standard InChI is InChI=1S/C23H31N5O2/c1-25-11-13-26(14-12-25)7-2-3-20-15-19-16-28(10-6-22(19)30-20)23(29)24-21-17-27-8-4-18(21)5-9-27/h6,10,15-16,18,21-22H,4-5,7-9,11-14,17H2,1H3,(H,24,29)/t21-,22?/m0/s1. The van der Waals surface area contributed by atoms with Crippen molar-refractivity contribution in [3.05, 3.63) is 35.9 Å². The highest BCUT2D eigenvalue weighted by Gasteiger charge is 2.36. The van der Waals surface area contributed by atoms with Gasteiger partial charge in [0.25, 0.3) is 0 Å². The summed E-state index contributed by atoms with van der Waals surface area (Å²) >= 11 is 0. The largest absolute Gasteiger partial charge is 0.473 e. The van der Waals surface area contributed by atoms with E-state index in [1.54, 1.807) is 11.1 Å². The maximum absolute atomic E-state index is 12.8. The zero-order valence-electron chi connectivity index (χ0n) is 17.7. The van der Waals surface area contributed by atoms with Gasteiger partial charge in [-0.05, 0) is 57.0 Å². The van der Waals surface area contributed by atoms with Crippen molar-refractivity contribution in [3.63, 3.8) is 0 Å². The van der Waals surface area contributed by atoms with E-state index in [1.165, 1.54) is 25.9 Å². The molecular formula is C23H31N5O2. The topological polar surface area (TPSA) is 51.3 Å². The van der Waals surface area contributed by atoms with E-state index in [0.717, 1.165) is 44.8 Å². The number of piperidine rings is 3. The number of carbonyl (C=O) groups excluding carboxylic acids is 1. The molecule has 6 aliphatic heterocycles. The number of nitrogens with zero attached hydrogens (tertiary/aromatic N) is 4. The van der Waals surface area contributed by atoms with Gasteiger partial charge in [0.15, 0.2) is 5.76 Å². The Morgan fingerprint density at radius 3 is 2.73 bits per heavy atom. The first kappa shape index (κ1) is 19.7. The molecule has 1 unspecified atom stereocenters. The molecule has 0 aromatic rings. The van der Waals surface area contributed by atoms with Crippen LogP contribution >= 0.6 is 0 Å². The van der Waals surface area contributed by atoms with Crippen molar-refractivity contribution in [1.82, 2.24) is 24.9 Å². The molecule has 0 saturated carbocycles. The Morgan fingerprint density at radius 1 is 1.20 bits per heavy atom. The number of allylic oxidation sites excluding steroid dienone is 1. The molecule has 6 rings (SSSR count). The summed E-state index contributed by atoms with van der Waals surface area (Å²) in [5.41, 5.74) is 0.977. The summed E-state index contributed by atoms with van der Waals surface area (Å²) in [5, 5.41) is 3.24. The monoisotopic (exact) mass is 409 g/mol. The Hall–Kier alpha value is -2.27. The number of ether oxygens (including phenoxy) is 1. The van der Waals surface area contributed by atoms with E-state index in [4.69, 9.17) is 4.74 Å². The first-order valence-corrected chi connectivity index (χ1v) is 11.1. The van der Waals surface area contributed by atoms with E-state index < -0.39 is 0 Å². The normalized spacial score (nSPS) is 33.2. The summed E-state index contributed by atoms with van der Waals surface area (Å²) in [5.74, 6) is 7.70. The summed E-state index contributed by atoms with van der Waals surface area (Å²) < 4.78 is 5.93. The minimum atomic E-state index is -0.140. The van der Waals surface area contributed by atoms with Crippen LogP contribution in [-0.2, 0) is 4.74 Å². The van der Waals surface area contributed by atoms with Gasteiger partial charge in [0.1, 0.15) is 6.10 Å². The molecule has 0 spiro atoms. The van der Waals surface area contributed by atoms with E-state index in [9.17, 15) is 4.79 Å². The third kappa shape index (κ3) is 4.27. The Morgan fingerprint density at radius 2 is 2.00 bits per heavy atom. The van der Waals surface area contributed by atoms with Crippen LogP contribution in [0.5, 0.6) is 0 Å². The Labute approximate surface area is 179 Å². The summed E-state index contributed by atoms with van der Waals surface area (Å²) in [6.07, 6.45) is 9.80. The van der Waals surface area contributed by atoms with Crippen LogP contribution in [0.4, 0.5) is 4.79 Å². The van der Waals surface area contributed by atoms with Gasteiger partial charge in [-0.2, -0.15) is 0 Å². The van der Waals surface area contributed by atoms with E-state index in [2.05, 4.69) is 38.9 Å². The lowest BCUT2D eigenvalue weighted by Crippen LogP contribution is -2.58. The SMILES string of the molecule is CN1CCN(CC#CC2=CC3=CN(C(=O)N[C@H]4CN5CCC4CC5)C=CC3O2)CC1. The maximum Gasteiger partial charge on any atom is 0.325 e. The average molecular weight is 410 g/mol. The Bertz CT molecular complexity index is 822. The second kappa shape index (κ2) is 8.46. The van der Waals surface area contributed by atoms with Crippen LogP contribution in [0.3, 0.4) is 0 Å². The molecule has 30 heavy (non-hydrogen) atoms. The molecule has 0 aromatic heterocycles. The van der Waals surface area contributed by atoms with Crippen LogP contribution in [0.15, 0.2) is 35.9 Å². The van der Waals surface area contributed by atoms with Crippen molar-refractivity contribution >= 4 is 6.03 Å². The second-order valence-electron chi connectivity index (χ2n) is 9.00. The van der Waals surface area contributed by atoms with E-state index >= 15 is 0 Å². The number of fused-ring (bicyclic) bond motifs is 4. The molecule has 0 aliphatic carbocycles. The number of amides is 2. The number of hydrogen-bond acceptors (Lipinski definition) is 5. The molecule has 4 fully saturated rings. The highest BCUT2D eigenvalue weighted by atomic mass is 16.5. The predicted octanol–water partition coefficient (Wildman–Crippen LogP) is 1.04. The van der Waals surface area contributed by atoms with Gasteiger partial charge in [-0.15, -0.1) is 0 Å². The second-order valence-corrected chi connectivity index (χ2v) is 9.00. The number of urea groups is 1. The average Bonchev–Trinajstić information content (AvgIpc) is 3.18. The van der Waals surface area contributed by atoms with Crippen LogP contribution in [-0.4, -0.2) is 97.2 Å². The molecule has 6 aliphatic rings. The van der Waals surface area contributed by atoms with Gasteiger partial charge in [-0.3, -0.25) is 9.80 Å². The highest BCUT2D eigenvalue weighted by Crippen LogP contribution is 2.29. The van der Waals surface area contributed by atoms with Crippen LogP contribution < -0.4 is 5.32 Å². The number of piperazine rings is 1. The molecule has 7 heteroatoms. The number of nitrogens with one attached hydrogen (secondary N) is 1. The molecule has 7 nitrogen and oxygen atoms in total. The molecule has 4 saturated heterocycles. The fourth-order valence-corrected chi connectivity index (χ4v) is 4.91. The predicted molar refractivity (Wildman–Crippen MR) is 115 cm³/mol. The van der Waals surface area contributed by atoms with Crippen molar-refractivity contribution in [2.45, 2.75) is 25.0 Å². The van der Waals surface area contributed by atoms with Crippen molar-refractivity contribution in [2.75, 3.05) is 59.4 Å². The van der Waals surface area contributed by atoms with Crippen molar-refractivity contribution in [1.29, 1.82) is 0 Å². The highest BCUT2D eigenvalue weighted by molar-refractivity contribution is 5.77. The lowest BCUT2D eigenvalue weighted by molar-refractivity contribution is 0.0751. The van der Waals surface area contributed by atoms with Gasteiger partial charge in [-0.1, -0.05) is 5.92 Å². The van der Waals surface area contributed by atoms with E-state index in [0.29, 0.717) is 11.7 Å². The molecule has 1 N–H and O–H groups in total. The quantitative estimate of drug-likeness (QED) is 0.691. The fraction of sp³-hybridized carbons (Fsp3) is 0.609. The first-order valence-electron chi connectivity index (χ1n) is 11.1. The minimum Gasteiger partial charge on any atom is -0.473 e. The van der Waals surface area contributed by atoms with Crippen LogP contribution in [0.1, 0.15) is 12.8 Å². The number of carbonyl (C=O) groups is 1. The fourth-order valence-electron chi connectivity index (χ4n) is 4.91. The van der Waals surface area contributed by atoms with Gasteiger partial charge >= 0.3 is 6.03 Å².